The smallest absolute Gasteiger partial charge is 0.294 e. The highest BCUT2D eigenvalue weighted by Gasteiger charge is 2.17. The van der Waals surface area contributed by atoms with Crippen molar-refractivity contribution in [1.82, 2.24) is 5.32 Å². The number of nitrogens with one attached hydrogen (secondary N) is 2. The molecular weight excluding hydrogens is 284 g/mol. The maximum absolute atomic E-state index is 11.9. The van der Waals surface area contributed by atoms with Crippen LogP contribution in [0.1, 0.15) is 17.3 Å². The number of carbonyl (C=O) groups is 1. The first kappa shape index (κ1) is 16.1. The molecule has 1 aromatic carbocycles. The third-order valence-electron chi connectivity index (χ3n) is 2.73. The normalized spacial score (nSPS) is 13.3. The second kappa shape index (κ2) is 6.96. The first-order valence-corrected chi connectivity index (χ1v) is 7.34. The largest absolute Gasteiger partial charge is 0.351 e. The highest BCUT2D eigenvalue weighted by molar-refractivity contribution is 7.84. The van der Waals surface area contributed by atoms with Gasteiger partial charge in [-0.2, -0.15) is 0 Å². The molecule has 2 atom stereocenters. The lowest BCUT2D eigenvalue weighted by atomic mass is 10.1. The number of nitro groups is 1. The molecule has 8 nitrogen and oxygen atoms in total. The van der Waals surface area contributed by atoms with Crippen LogP contribution in [0.25, 0.3) is 0 Å². The second-order valence-electron chi connectivity index (χ2n) is 4.15. The van der Waals surface area contributed by atoms with Gasteiger partial charge in [0.15, 0.2) is 0 Å². The van der Waals surface area contributed by atoms with E-state index in [1.54, 1.807) is 13.2 Å². The van der Waals surface area contributed by atoms with Gasteiger partial charge in [0.1, 0.15) is 5.69 Å². The number of nitro benzene ring substituents is 1. The second-order valence-corrected chi connectivity index (χ2v) is 5.95. The Morgan fingerprint density at radius 1 is 1.55 bits per heavy atom. The molecule has 1 amide bonds. The van der Waals surface area contributed by atoms with Crippen LogP contribution >= 0.6 is 0 Å². The fraction of sp³-hybridized carbons (Fsp3) is 0.364. The SMILES string of the molecule is CC(CNC(=O)c1ccc(NN)c([N+](=O)[O-])c1)S(C)=O. The van der Waals surface area contributed by atoms with E-state index in [2.05, 4.69) is 10.7 Å². The Morgan fingerprint density at radius 3 is 2.70 bits per heavy atom. The zero-order valence-electron chi connectivity index (χ0n) is 11.1. The molecule has 0 heterocycles. The summed E-state index contributed by atoms with van der Waals surface area (Å²) in [5.74, 6) is 4.69. The van der Waals surface area contributed by atoms with Crippen molar-refractivity contribution in [1.29, 1.82) is 0 Å². The summed E-state index contributed by atoms with van der Waals surface area (Å²) in [4.78, 5) is 22.1. The molecule has 0 bridgehead atoms. The first-order chi connectivity index (χ1) is 9.36. The van der Waals surface area contributed by atoms with E-state index in [4.69, 9.17) is 5.84 Å². The Bertz CT molecular complexity index is 549. The Morgan fingerprint density at radius 2 is 2.20 bits per heavy atom. The highest BCUT2D eigenvalue weighted by Crippen LogP contribution is 2.24. The number of nitrogens with zero attached hydrogens (tertiary/aromatic N) is 1. The molecule has 9 heteroatoms. The van der Waals surface area contributed by atoms with Gasteiger partial charge in [0.05, 0.1) is 4.92 Å². The van der Waals surface area contributed by atoms with Gasteiger partial charge in [0, 0.05) is 40.5 Å². The summed E-state index contributed by atoms with van der Waals surface area (Å²) >= 11 is 0. The summed E-state index contributed by atoms with van der Waals surface area (Å²) < 4.78 is 11.2. The molecule has 110 valence electrons. The van der Waals surface area contributed by atoms with Gasteiger partial charge in [-0.05, 0) is 19.1 Å². The quantitative estimate of drug-likeness (QED) is 0.396. The zero-order chi connectivity index (χ0) is 15.3. The number of nitrogen functional groups attached to an aromatic ring is 1. The van der Waals surface area contributed by atoms with Gasteiger partial charge in [-0.15, -0.1) is 0 Å². The van der Waals surface area contributed by atoms with Crippen molar-refractivity contribution in [3.63, 3.8) is 0 Å². The van der Waals surface area contributed by atoms with Gasteiger partial charge in [-0.1, -0.05) is 0 Å². The summed E-state index contributed by atoms with van der Waals surface area (Å²) in [5.41, 5.74) is 2.17. The molecule has 0 saturated heterocycles. The highest BCUT2D eigenvalue weighted by atomic mass is 32.2. The predicted octanol–water partition coefficient (Wildman–Crippen LogP) is 0.377. The maximum atomic E-state index is 11.9. The molecule has 0 aliphatic carbocycles. The number of anilines is 1. The van der Waals surface area contributed by atoms with E-state index < -0.39 is 21.6 Å². The van der Waals surface area contributed by atoms with Crippen molar-refractivity contribution in [2.24, 2.45) is 5.84 Å². The summed E-state index contributed by atoms with van der Waals surface area (Å²) in [7, 11) is -1.05. The van der Waals surface area contributed by atoms with Gasteiger partial charge >= 0.3 is 0 Å². The number of nitrogens with two attached hydrogens (primary N) is 1. The van der Waals surface area contributed by atoms with Crippen LogP contribution in [0.3, 0.4) is 0 Å². The van der Waals surface area contributed by atoms with Crippen LogP contribution < -0.4 is 16.6 Å². The standard InChI is InChI=1S/C11H16N4O4S/c1-7(20(2)19)6-13-11(16)8-3-4-9(14-12)10(5-8)15(17)18/h3-5,7,14H,6,12H2,1-2H3,(H,13,16). The number of rotatable bonds is 6. The predicted molar refractivity (Wildman–Crippen MR) is 76.8 cm³/mol. The lowest BCUT2D eigenvalue weighted by molar-refractivity contribution is -0.384. The van der Waals surface area contributed by atoms with Crippen molar-refractivity contribution in [2.45, 2.75) is 12.2 Å². The van der Waals surface area contributed by atoms with E-state index in [1.165, 1.54) is 12.1 Å². The number of hydrazine groups is 1. The molecule has 0 radical (unpaired) electrons. The summed E-state index contributed by atoms with van der Waals surface area (Å²) in [6.07, 6.45) is 1.55. The van der Waals surface area contributed by atoms with Crippen LogP contribution in [-0.2, 0) is 10.8 Å². The van der Waals surface area contributed by atoms with Crippen LogP contribution in [0.2, 0.25) is 0 Å². The Kier molecular flexibility index (Phi) is 5.59. The number of hydrogen-bond acceptors (Lipinski definition) is 6. The van der Waals surface area contributed by atoms with E-state index in [0.717, 1.165) is 6.07 Å². The Hall–Kier alpha value is -2.00. The van der Waals surface area contributed by atoms with Crippen molar-refractivity contribution >= 4 is 28.1 Å². The van der Waals surface area contributed by atoms with Gasteiger partial charge in [-0.25, -0.2) is 0 Å². The number of benzene rings is 1. The third-order valence-corrected chi connectivity index (χ3v) is 4.03. The van der Waals surface area contributed by atoms with Crippen LogP contribution in [0.5, 0.6) is 0 Å². The maximum Gasteiger partial charge on any atom is 0.294 e. The monoisotopic (exact) mass is 300 g/mol. The van der Waals surface area contributed by atoms with E-state index in [-0.39, 0.29) is 28.7 Å². The molecule has 1 rings (SSSR count). The van der Waals surface area contributed by atoms with Gasteiger partial charge < -0.3 is 10.7 Å². The molecule has 2 unspecified atom stereocenters. The molecule has 1 aromatic rings. The van der Waals surface area contributed by atoms with E-state index in [1.807, 2.05) is 0 Å². The van der Waals surface area contributed by atoms with Gasteiger partial charge in [-0.3, -0.25) is 25.0 Å². The molecular formula is C11H16N4O4S. The van der Waals surface area contributed by atoms with Gasteiger partial charge in [0.25, 0.3) is 11.6 Å². The minimum Gasteiger partial charge on any atom is -0.351 e. The molecule has 0 aliphatic heterocycles. The van der Waals surface area contributed by atoms with E-state index in [9.17, 15) is 19.1 Å². The van der Waals surface area contributed by atoms with Crippen molar-refractivity contribution in [3.8, 4) is 0 Å². The van der Waals surface area contributed by atoms with E-state index >= 15 is 0 Å². The number of amides is 1. The van der Waals surface area contributed by atoms with Crippen LogP contribution in [0.4, 0.5) is 11.4 Å². The van der Waals surface area contributed by atoms with Gasteiger partial charge in [0.2, 0.25) is 0 Å². The van der Waals surface area contributed by atoms with Crippen LogP contribution in [0.15, 0.2) is 18.2 Å². The minimum absolute atomic E-state index is 0.120. The molecule has 0 saturated carbocycles. The summed E-state index contributed by atoms with van der Waals surface area (Å²) in [5, 5.41) is 13.2. The molecule has 0 spiro atoms. The fourth-order valence-electron chi connectivity index (χ4n) is 1.40. The van der Waals surface area contributed by atoms with Crippen LogP contribution in [-0.4, -0.2) is 33.1 Å². The first-order valence-electron chi connectivity index (χ1n) is 5.72. The lowest BCUT2D eigenvalue weighted by Gasteiger charge is -2.10. The Balaban J connectivity index is 2.86. The molecule has 4 N–H and O–H groups in total. The molecule has 0 aromatic heterocycles. The van der Waals surface area contributed by atoms with Crippen LogP contribution in [0, 0.1) is 10.1 Å². The average Bonchev–Trinajstić information content (AvgIpc) is 2.43. The average molecular weight is 300 g/mol. The summed E-state index contributed by atoms with van der Waals surface area (Å²) in [6, 6.07) is 3.91. The molecule has 0 fully saturated rings. The molecule has 0 aliphatic rings. The molecule has 20 heavy (non-hydrogen) atoms. The van der Waals surface area contributed by atoms with Crippen molar-refractivity contribution in [2.75, 3.05) is 18.2 Å². The van der Waals surface area contributed by atoms with Crippen molar-refractivity contribution < 1.29 is 13.9 Å². The fourth-order valence-corrected chi connectivity index (χ4v) is 1.72. The number of carbonyl (C=O) groups excluding carboxylic acids is 1. The Labute approximate surface area is 118 Å². The summed E-state index contributed by atoms with van der Waals surface area (Å²) in [6.45, 7) is 1.97. The topological polar surface area (TPSA) is 127 Å². The third kappa shape index (κ3) is 4.00. The lowest BCUT2D eigenvalue weighted by Crippen LogP contribution is -2.32. The van der Waals surface area contributed by atoms with E-state index in [0.29, 0.717) is 0 Å². The zero-order valence-corrected chi connectivity index (χ0v) is 11.9. The number of hydrogen-bond donors (Lipinski definition) is 3. The van der Waals surface area contributed by atoms with Crippen molar-refractivity contribution in [3.05, 3.63) is 33.9 Å². The minimum atomic E-state index is -1.05.